The van der Waals surface area contributed by atoms with Crippen LogP contribution in [0, 0.1) is 11.3 Å². The molecule has 1 aromatic rings. The highest BCUT2D eigenvalue weighted by Crippen LogP contribution is 2.14. The summed E-state index contributed by atoms with van der Waals surface area (Å²) in [6.07, 6.45) is 1.30. The largest absolute Gasteiger partial charge is 0.293 e. The first-order valence-electron chi connectivity index (χ1n) is 3.21. The molecule has 0 amide bonds. The predicted octanol–water partition coefficient (Wildman–Crippen LogP) is 1.81. The van der Waals surface area contributed by atoms with Gasteiger partial charge in [0.2, 0.25) is 0 Å². The lowest BCUT2D eigenvalue weighted by Crippen LogP contribution is -1.96. The highest BCUT2D eigenvalue weighted by atomic mass is 35.5. The number of carbonyl (C=O) groups is 1. The smallest absolute Gasteiger partial charge is 0.178 e. The zero-order valence-electron chi connectivity index (χ0n) is 6.34. The number of aromatic nitrogens is 1. The van der Waals surface area contributed by atoms with E-state index in [1.807, 2.05) is 6.07 Å². The van der Waals surface area contributed by atoms with Crippen LogP contribution in [0.5, 0.6) is 0 Å². The minimum absolute atomic E-state index is 0.178. The van der Waals surface area contributed by atoms with Crippen molar-refractivity contribution in [3.63, 3.8) is 0 Å². The number of halogens is 1. The Hall–Kier alpha value is -1.40. The second kappa shape index (κ2) is 3.33. The average molecular weight is 181 g/mol. The third-order valence-electron chi connectivity index (χ3n) is 1.34. The van der Waals surface area contributed by atoms with E-state index in [2.05, 4.69) is 4.98 Å². The normalized spacial score (nSPS) is 9.08. The van der Waals surface area contributed by atoms with Crippen LogP contribution in [0.15, 0.2) is 12.3 Å². The standard InChI is InChI=1S/C8H5ClN2O/c1-5(12)8-2-6(3-10)7(9)4-11-8/h2,4H,1H3. The summed E-state index contributed by atoms with van der Waals surface area (Å²) in [5.41, 5.74) is 0.535. The quantitative estimate of drug-likeness (QED) is 0.620. The molecule has 0 radical (unpaired) electrons. The van der Waals surface area contributed by atoms with Crippen LogP contribution in [-0.2, 0) is 0 Å². The zero-order chi connectivity index (χ0) is 9.14. The lowest BCUT2D eigenvalue weighted by Gasteiger charge is -1.96. The number of hydrogen-bond donors (Lipinski definition) is 0. The predicted molar refractivity (Wildman–Crippen MR) is 44.0 cm³/mol. The van der Waals surface area contributed by atoms with Crippen LogP contribution in [0.3, 0.4) is 0 Å². The molecule has 1 heterocycles. The molecule has 3 nitrogen and oxygen atoms in total. The Bertz CT molecular complexity index is 368. The third kappa shape index (κ3) is 1.60. The topological polar surface area (TPSA) is 53.8 Å². The van der Waals surface area contributed by atoms with Crippen molar-refractivity contribution in [2.75, 3.05) is 0 Å². The van der Waals surface area contributed by atoms with Crippen LogP contribution >= 0.6 is 11.6 Å². The first-order chi connectivity index (χ1) is 5.65. The molecular formula is C8H5ClN2O. The summed E-state index contributed by atoms with van der Waals surface area (Å²) >= 11 is 5.60. The number of rotatable bonds is 1. The molecule has 0 aromatic carbocycles. The van der Waals surface area contributed by atoms with E-state index in [1.165, 1.54) is 19.2 Å². The fourth-order valence-corrected chi connectivity index (χ4v) is 0.863. The van der Waals surface area contributed by atoms with E-state index in [0.29, 0.717) is 0 Å². The van der Waals surface area contributed by atoms with Crippen molar-refractivity contribution in [3.8, 4) is 6.07 Å². The van der Waals surface area contributed by atoms with Crippen LogP contribution < -0.4 is 0 Å². The summed E-state index contributed by atoms with van der Waals surface area (Å²) in [6.45, 7) is 1.39. The number of hydrogen-bond acceptors (Lipinski definition) is 3. The summed E-state index contributed by atoms with van der Waals surface area (Å²) < 4.78 is 0. The van der Waals surface area contributed by atoms with Crippen LogP contribution in [0.4, 0.5) is 0 Å². The summed E-state index contributed by atoms with van der Waals surface area (Å²) in [5.74, 6) is -0.178. The molecular weight excluding hydrogens is 176 g/mol. The van der Waals surface area contributed by atoms with Gasteiger partial charge in [-0.1, -0.05) is 11.6 Å². The Balaban J connectivity index is 3.25. The van der Waals surface area contributed by atoms with Gasteiger partial charge < -0.3 is 0 Å². The van der Waals surface area contributed by atoms with E-state index < -0.39 is 0 Å². The molecule has 0 saturated carbocycles. The van der Waals surface area contributed by atoms with Gasteiger partial charge in [0.05, 0.1) is 10.6 Å². The van der Waals surface area contributed by atoms with E-state index in [1.54, 1.807) is 0 Å². The van der Waals surface area contributed by atoms with Gasteiger partial charge in [-0.05, 0) is 6.07 Å². The molecule has 0 spiro atoms. The summed E-state index contributed by atoms with van der Waals surface area (Å²) in [7, 11) is 0. The van der Waals surface area contributed by atoms with Crippen LogP contribution in [-0.4, -0.2) is 10.8 Å². The monoisotopic (exact) mass is 180 g/mol. The van der Waals surface area contributed by atoms with Crippen molar-refractivity contribution in [3.05, 3.63) is 28.5 Å². The van der Waals surface area contributed by atoms with E-state index in [0.717, 1.165) is 0 Å². The Kier molecular flexibility index (Phi) is 2.41. The molecule has 4 heteroatoms. The third-order valence-corrected chi connectivity index (χ3v) is 1.64. The molecule has 0 N–H and O–H groups in total. The number of nitriles is 1. The maximum absolute atomic E-state index is 10.8. The van der Waals surface area contributed by atoms with E-state index >= 15 is 0 Å². The molecule has 60 valence electrons. The van der Waals surface area contributed by atoms with Crippen molar-refractivity contribution in [1.82, 2.24) is 4.98 Å². The molecule has 0 aliphatic rings. The van der Waals surface area contributed by atoms with E-state index in [-0.39, 0.29) is 22.1 Å². The molecule has 0 bridgehead atoms. The fourth-order valence-electron chi connectivity index (χ4n) is 0.717. The van der Waals surface area contributed by atoms with Gasteiger partial charge in [-0.3, -0.25) is 9.78 Å². The molecule has 0 atom stereocenters. The lowest BCUT2D eigenvalue weighted by molar-refractivity contribution is 0.101. The summed E-state index contributed by atoms with van der Waals surface area (Å²) in [6, 6.07) is 3.25. The van der Waals surface area contributed by atoms with Gasteiger partial charge in [-0.2, -0.15) is 5.26 Å². The van der Waals surface area contributed by atoms with Gasteiger partial charge in [-0.25, -0.2) is 0 Å². The van der Waals surface area contributed by atoms with Crippen molar-refractivity contribution in [2.45, 2.75) is 6.92 Å². The van der Waals surface area contributed by atoms with Gasteiger partial charge in [0, 0.05) is 13.1 Å². The molecule has 0 aliphatic heterocycles. The lowest BCUT2D eigenvalue weighted by atomic mass is 10.2. The summed E-state index contributed by atoms with van der Waals surface area (Å²) in [4.78, 5) is 14.6. The van der Waals surface area contributed by atoms with E-state index in [9.17, 15) is 4.79 Å². The minimum atomic E-state index is -0.178. The van der Waals surface area contributed by atoms with Crippen molar-refractivity contribution in [1.29, 1.82) is 5.26 Å². The molecule has 0 fully saturated rings. The van der Waals surface area contributed by atoms with Crippen LogP contribution in [0.25, 0.3) is 0 Å². The Labute approximate surface area is 74.6 Å². The second-order valence-electron chi connectivity index (χ2n) is 2.22. The molecule has 0 aliphatic carbocycles. The maximum atomic E-state index is 10.8. The number of ketones is 1. The fraction of sp³-hybridized carbons (Fsp3) is 0.125. The average Bonchev–Trinajstić information content (AvgIpc) is 2.05. The zero-order valence-corrected chi connectivity index (χ0v) is 7.09. The van der Waals surface area contributed by atoms with Crippen LogP contribution in [0.2, 0.25) is 5.02 Å². The number of nitrogens with zero attached hydrogens (tertiary/aromatic N) is 2. The SMILES string of the molecule is CC(=O)c1cc(C#N)c(Cl)cn1. The van der Waals surface area contributed by atoms with Gasteiger partial charge in [0.25, 0.3) is 0 Å². The van der Waals surface area contributed by atoms with Gasteiger partial charge in [0.15, 0.2) is 5.78 Å². The van der Waals surface area contributed by atoms with Gasteiger partial charge in [0.1, 0.15) is 11.8 Å². The number of pyridine rings is 1. The maximum Gasteiger partial charge on any atom is 0.178 e. The van der Waals surface area contributed by atoms with Gasteiger partial charge in [-0.15, -0.1) is 0 Å². The van der Waals surface area contributed by atoms with Crippen molar-refractivity contribution < 1.29 is 4.79 Å². The molecule has 0 saturated heterocycles. The molecule has 1 aromatic heterocycles. The Morgan fingerprint density at radius 1 is 1.75 bits per heavy atom. The molecule has 12 heavy (non-hydrogen) atoms. The Morgan fingerprint density at radius 3 is 2.92 bits per heavy atom. The van der Waals surface area contributed by atoms with Crippen LogP contribution in [0.1, 0.15) is 23.0 Å². The van der Waals surface area contributed by atoms with Crippen molar-refractivity contribution in [2.24, 2.45) is 0 Å². The first-order valence-corrected chi connectivity index (χ1v) is 3.59. The molecule has 1 rings (SSSR count). The minimum Gasteiger partial charge on any atom is -0.293 e. The molecule has 0 unspecified atom stereocenters. The highest BCUT2D eigenvalue weighted by Gasteiger charge is 2.05. The van der Waals surface area contributed by atoms with Gasteiger partial charge >= 0.3 is 0 Å². The van der Waals surface area contributed by atoms with E-state index in [4.69, 9.17) is 16.9 Å². The van der Waals surface area contributed by atoms with Crippen molar-refractivity contribution >= 4 is 17.4 Å². The second-order valence-corrected chi connectivity index (χ2v) is 2.62. The first kappa shape index (κ1) is 8.69. The Morgan fingerprint density at radius 2 is 2.42 bits per heavy atom. The summed E-state index contributed by atoms with van der Waals surface area (Å²) in [5, 5.41) is 8.82. The number of Topliss-reactive ketones (excluding diaryl/α,β-unsaturated/α-hetero) is 1. The highest BCUT2D eigenvalue weighted by molar-refractivity contribution is 6.31. The number of carbonyl (C=O) groups excluding carboxylic acids is 1.